The summed E-state index contributed by atoms with van der Waals surface area (Å²) in [7, 11) is 1.48. The third-order valence-corrected chi connectivity index (χ3v) is 5.04. The Labute approximate surface area is 174 Å². The van der Waals surface area contributed by atoms with Gasteiger partial charge in [-0.15, -0.1) is 0 Å². The number of anilines is 1. The normalized spacial score (nSPS) is 15.0. The third kappa shape index (κ3) is 5.18. The van der Waals surface area contributed by atoms with Gasteiger partial charge in [-0.05, 0) is 53.8 Å². The smallest absolute Gasteiger partial charge is 0.261 e. The molecule has 30 heavy (non-hydrogen) atoms. The van der Waals surface area contributed by atoms with Crippen LogP contribution in [0.25, 0.3) is 5.57 Å². The summed E-state index contributed by atoms with van der Waals surface area (Å²) < 4.78 is 27.6. The van der Waals surface area contributed by atoms with Crippen LogP contribution in [0.5, 0.6) is 0 Å². The van der Waals surface area contributed by atoms with Gasteiger partial charge in [-0.2, -0.15) is 0 Å². The van der Waals surface area contributed by atoms with Crippen molar-refractivity contribution in [2.75, 3.05) is 32.2 Å². The molecule has 0 atom stereocenters. The molecule has 0 spiro atoms. The van der Waals surface area contributed by atoms with E-state index in [1.54, 1.807) is 12.1 Å². The molecule has 0 bridgehead atoms. The van der Waals surface area contributed by atoms with E-state index in [1.165, 1.54) is 18.7 Å². The average Bonchev–Trinajstić information content (AvgIpc) is 2.95. The van der Waals surface area contributed by atoms with Crippen LogP contribution in [0.15, 0.2) is 60.7 Å². The Kier molecular flexibility index (Phi) is 7.46. The molecule has 1 heterocycles. The molecule has 0 aliphatic carbocycles. The lowest BCUT2D eigenvalue weighted by molar-refractivity contribution is -0.295. The van der Waals surface area contributed by atoms with Crippen molar-refractivity contribution in [3.8, 4) is 0 Å². The number of amides is 1. The zero-order valence-electron chi connectivity index (χ0n) is 16.8. The lowest BCUT2D eigenvalue weighted by Crippen LogP contribution is -2.27. The van der Waals surface area contributed by atoms with Crippen LogP contribution in [-0.2, 0) is 9.78 Å². The summed E-state index contributed by atoms with van der Waals surface area (Å²) in [5, 5.41) is 2.54. The number of nitrogens with zero attached hydrogens (tertiary/aromatic N) is 1. The summed E-state index contributed by atoms with van der Waals surface area (Å²) in [5.41, 5.74) is 3.19. The van der Waals surface area contributed by atoms with E-state index >= 15 is 0 Å². The van der Waals surface area contributed by atoms with Gasteiger partial charge in [0.05, 0.1) is 7.11 Å². The highest BCUT2D eigenvalue weighted by Gasteiger charge is 2.18. The van der Waals surface area contributed by atoms with Crippen LogP contribution in [0.1, 0.15) is 28.8 Å². The number of rotatable bonds is 7. The fraction of sp³-hybridized carbons (Fsp3) is 0.261. The van der Waals surface area contributed by atoms with E-state index in [4.69, 9.17) is 4.89 Å². The molecule has 3 rings (SSSR count). The Hall–Kier alpha value is -2.87. The Morgan fingerprint density at radius 2 is 1.80 bits per heavy atom. The van der Waals surface area contributed by atoms with E-state index in [1.807, 2.05) is 18.2 Å². The molecule has 1 amide bonds. The van der Waals surface area contributed by atoms with Gasteiger partial charge in [0.1, 0.15) is 23.9 Å². The van der Waals surface area contributed by atoms with Crippen molar-refractivity contribution in [3.05, 3.63) is 83.5 Å². The van der Waals surface area contributed by atoms with Gasteiger partial charge >= 0.3 is 0 Å². The molecule has 158 valence electrons. The maximum absolute atomic E-state index is 13.8. The van der Waals surface area contributed by atoms with Crippen molar-refractivity contribution < 1.29 is 23.4 Å². The third-order valence-electron chi connectivity index (χ3n) is 5.04. The molecule has 1 N–H and O–H groups in total. The highest BCUT2D eigenvalue weighted by Crippen LogP contribution is 2.29. The van der Waals surface area contributed by atoms with Crippen LogP contribution in [0.4, 0.5) is 14.5 Å². The Bertz CT molecular complexity index is 922. The van der Waals surface area contributed by atoms with Gasteiger partial charge in [-0.1, -0.05) is 30.9 Å². The van der Waals surface area contributed by atoms with E-state index in [0.29, 0.717) is 12.4 Å². The molecule has 0 unspecified atom stereocenters. The minimum absolute atomic E-state index is 0.395. The summed E-state index contributed by atoms with van der Waals surface area (Å²) in [5.74, 6) is -2.62. The Balaban J connectivity index is 1.73. The zero-order valence-corrected chi connectivity index (χ0v) is 16.8. The standard InChI is InChI=1S/C23H24F2N2O3/c1-3-16-11-13-27(15-30-29-2)14-12-19(16)17-7-9-18(10-8-17)26-23(28)22-20(24)5-4-6-21(22)25/h3-10H,1,11-15H2,2H3,(H,26,28). The van der Waals surface area contributed by atoms with E-state index in [-0.39, 0.29) is 0 Å². The van der Waals surface area contributed by atoms with Gasteiger partial charge in [0.15, 0.2) is 0 Å². The summed E-state index contributed by atoms with van der Waals surface area (Å²) in [6, 6.07) is 10.5. The first-order valence-electron chi connectivity index (χ1n) is 9.61. The second-order valence-electron chi connectivity index (χ2n) is 6.87. The Morgan fingerprint density at radius 3 is 2.43 bits per heavy atom. The first-order chi connectivity index (χ1) is 14.5. The molecule has 1 aliphatic heterocycles. The molecule has 7 heteroatoms. The largest absolute Gasteiger partial charge is 0.322 e. The number of hydrogen-bond acceptors (Lipinski definition) is 4. The number of benzene rings is 2. The lowest BCUT2D eigenvalue weighted by Gasteiger charge is -2.18. The molecule has 1 aliphatic rings. The van der Waals surface area contributed by atoms with Crippen LogP contribution in [0.2, 0.25) is 0 Å². The number of nitrogens with one attached hydrogen (secondary N) is 1. The van der Waals surface area contributed by atoms with Crippen LogP contribution in [0, 0.1) is 11.6 Å². The maximum Gasteiger partial charge on any atom is 0.261 e. The second kappa shape index (κ2) is 10.2. The Morgan fingerprint density at radius 1 is 1.13 bits per heavy atom. The molecule has 0 radical (unpaired) electrons. The highest BCUT2D eigenvalue weighted by molar-refractivity contribution is 6.04. The molecule has 5 nitrogen and oxygen atoms in total. The average molecular weight is 414 g/mol. The van der Waals surface area contributed by atoms with Crippen molar-refractivity contribution in [1.82, 2.24) is 4.90 Å². The van der Waals surface area contributed by atoms with Crippen LogP contribution >= 0.6 is 0 Å². The predicted molar refractivity (Wildman–Crippen MR) is 112 cm³/mol. The number of allylic oxidation sites excluding steroid dienone is 1. The van der Waals surface area contributed by atoms with E-state index < -0.39 is 23.1 Å². The van der Waals surface area contributed by atoms with Crippen molar-refractivity contribution in [2.24, 2.45) is 0 Å². The molecule has 0 saturated heterocycles. The second-order valence-corrected chi connectivity index (χ2v) is 6.87. The molecular weight excluding hydrogens is 390 g/mol. The number of carbonyl (C=O) groups is 1. The number of halogens is 2. The summed E-state index contributed by atoms with van der Waals surface area (Å²) in [4.78, 5) is 24.1. The van der Waals surface area contributed by atoms with Crippen molar-refractivity contribution in [3.63, 3.8) is 0 Å². The lowest BCUT2D eigenvalue weighted by atomic mass is 9.96. The predicted octanol–water partition coefficient (Wildman–Crippen LogP) is 4.79. The van der Waals surface area contributed by atoms with Crippen molar-refractivity contribution in [1.29, 1.82) is 0 Å². The van der Waals surface area contributed by atoms with Gasteiger partial charge in [-0.3, -0.25) is 9.69 Å². The molecular formula is C23H24F2N2O3. The van der Waals surface area contributed by atoms with Crippen LogP contribution < -0.4 is 5.32 Å². The first kappa shape index (κ1) is 21.8. The first-order valence-corrected chi connectivity index (χ1v) is 9.61. The van der Waals surface area contributed by atoms with E-state index in [0.717, 1.165) is 49.2 Å². The number of hydrogen-bond donors (Lipinski definition) is 1. The molecule has 2 aromatic rings. The van der Waals surface area contributed by atoms with E-state index in [9.17, 15) is 13.6 Å². The van der Waals surface area contributed by atoms with Gasteiger partial charge in [0.25, 0.3) is 5.91 Å². The number of carbonyl (C=O) groups excluding carboxylic acids is 1. The maximum atomic E-state index is 13.8. The molecule has 0 aromatic heterocycles. The molecule has 0 fully saturated rings. The SMILES string of the molecule is C=CC1=C(c2ccc(NC(=O)c3c(F)cccc3F)cc2)CCN(COOC)CC1. The highest BCUT2D eigenvalue weighted by atomic mass is 19.1. The van der Waals surface area contributed by atoms with Crippen LogP contribution in [-0.4, -0.2) is 37.7 Å². The van der Waals surface area contributed by atoms with E-state index in [2.05, 4.69) is 21.7 Å². The molecule has 2 aromatic carbocycles. The minimum Gasteiger partial charge on any atom is -0.322 e. The quantitative estimate of drug-likeness (QED) is 0.523. The summed E-state index contributed by atoms with van der Waals surface area (Å²) >= 11 is 0. The monoisotopic (exact) mass is 414 g/mol. The van der Waals surface area contributed by atoms with Crippen LogP contribution in [0.3, 0.4) is 0 Å². The van der Waals surface area contributed by atoms with Gasteiger partial charge in [0, 0.05) is 18.8 Å². The fourth-order valence-electron chi connectivity index (χ4n) is 3.45. The van der Waals surface area contributed by atoms with Gasteiger partial charge in [-0.25, -0.2) is 18.6 Å². The summed E-state index contributed by atoms with van der Waals surface area (Å²) in [6.07, 6.45) is 3.50. The summed E-state index contributed by atoms with van der Waals surface area (Å²) in [6.45, 7) is 5.97. The molecule has 0 saturated carbocycles. The topological polar surface area (TPSA) is 50.8 Å². The van der Waals surface area contributed by atoms with Gasteiger partial charge < -0.3 is 5.32 Å². The minimum atomic E-state index is -0.898. The van der Waals surface area contributed by atoms with Gasteiger partial charge in [0.2, 0.25) is 0 Å². The fourth-order valence-corrected chi connectivity index (χ4v) is 3.45. The van der Waals surface area contributed by atoms with Crippen molar-refractivity contribution >= 4 is 17.2 Å². The van der Waals surface area contributed by atoms with Crippen molar-refractivity contribution in [2.45, 2.75) is 12.8 Å². The zero-order chi connectivity index (χ0) is 21.5.